The summed E-state index contributed by atoms with van der Waals surface area (Å²) in [5.41, 5.74) is 6.33. The first-order valence-electron chi connectivity index (χ1n) is 13.7. The number of allylic oxidation sites excluding steroid dienone is 1. The Balaban J connectivity index is 1.41. The van der Waals surface area contributed by atoms with Gasteiger partial charge < -0.3 is 15.4 Å². The van der Waals surface area contributed by atoms with Crippen molar-refractivity contribution in [3.8, 4) is 17.0 Å². The summed E-state index contributed by atoms with van der Waals surface area (Å²) in [5.74, 6) is 0.192. The molecular weight excluding hydrogens is 537 g/mol. The molecule has 0 radical (unpaired) electrons. The van der Waals surface area contributed by atoms with E-state index in [0.717, 1.165) is 67.7 Å². The van der Waals surface area contributed by atoms with Gasteiger partial charge in [-0.25, -0.2) is 9.97 Å². The van der Waals surface area contributed by atoms with E-state index in [9.17, 15) is 13.2 Å². The number of aromatic nitrogens is 2. The molecule has 0 aliphatic carbocycles. The lowest BCUT2D eigenvalue weighted by atomic mass is 9.98. The molecule has 0 fully saturated rings. The first-order valence-corrected chi connectivity index (χ1v) is 14.1. The third-order valence-electron chi connectivity index (χ3n) is 6.59. The maximum atomic E-state index is 12.4. The van der Waals surface area contributed by atoms with Gasteiger partial charge in [-0.15, -0.1) is 13.2 Å². The van der Waals surface area contributed by atoms with Gasteiger partial charge in [0, 0.05) is 36.1 Å². The van der Waals surface area contributed by atoms with Crippen molar-refractivity contribution in [2.75, 3.05) is 18.4 Å². The number of rotatable bonds is 15. The van der Waals surface area contributed by atoms with Crippen molar-refractivity contribution in [3.05, 3.63) is 76.7 Å². The normalized spacial score (nSPS) is 12.6. The van der Waals surface area contributed by atoms with Crippen LogP contribution < -0.4 is 15.4 Å². The second-order valence-corrected chi connectivity index (χ2v) is 10.4. The lowest BCUT2D eigenvalue weighted by Crippen LogP contribution is -2.18. The van der Waals surface area contributed by atoms with Crippen molar-refractivity contribution in [1.29, 1.82) is 0 Å². The highest BCUT2D eigenvalue weighted by molar-refractivity contribution is 6.32. The molecule has 0 aliphatic heterocycles. The van der Waals surface area contributed by atoms with E-state index in [1.807, 2.05) is 6.07 Å². The smallest absolute Gasteiger partial charge is 0.404 e. The van der Waals surface area contributed by atoms with Crippen LogP contribution in [0.25, 0.3) is 17.3 Å². The van der Waals surface area contributed by atoms with Crippen molar-refractivity contribution >= 4 is 23.4 Å². The van der Waals surface area contributed by atoms with Crippen molar-refractivity contribution in [1.82, 2.24) is 15.3 Å². The lowest BCUT2D eigenvalue weighted by molar-refractivity contribution is -0.274. The van der Waals surface area contributed by atoms with Gasteiger partial charge in [-0.3, -0.25) is 0 Å². The Hall–Kier alpha value is -3.10. The zero-order chi connectivity index (χ0) is 29.0. The molecule has 9 heteroatoms. The largest absolute Gasteiger partial charge is 0.573 e. The van der Waals surface area contributed by atoms with Gasteiger partial charge >= 0.3 is 6.36 Å². The molecule has 1 aromatic heterocycles. The standard InChI is InChI=1S/C31H38ClF3N4O/c1-4-5-9-26-23(3)17-25(28-13-15-37-21-39-28)19-29(26)38-16-12-22(2)8-6-7-14-36-20-24-10-11-30(27(32)18-24)40-31(33,34)35/h5,9-11,13,15,17-19,21-22,36,38H,4,6-8,12,14,16,20H2,1-3H3/b9-5-. The minimum atomic E-state index is -4.76. The molecule has 5 nitrogen and oxygen atoms in total. The number of hydrogen-bond acceptors (Lipinski definition) is 5. The molecule has 0 saturated carbocycles. The number of halogens is 4. The molecule has 0 saturated heterocycles. The number of benzene rings is 2. The number of nitrogens with zero attached hydrogens (tertiary/aromatic N) is 2. The fraction of sp³-hybridized carbons (Fsp3) is 0.419. The average Bonchev–Trinajstić information content (AvgIpc) is 2.91. The van der Waals surface area contributed by atoms with Crippen LogP contribution in [0.4, 0.5) is 18.9 Å². The van der Waals surface area contributed by atoms with Crippen LogP contribution in [0.15, 0.2) is 55.0 Å². The molecule has 0 spiro atoms. The Morgan fingerprint density at radius 2 is 1.90 bits per heavy atom. The second-order valence-electron chi connectivity index (χ2n) is 9.97. The molecule has 1 heterocycles. The predicted molar refractivity (Wildman–Crippen MR) is 157 cm³/mol. The SMILES string of the molecule is CC/C=C\c1c(C)cc(-c2ccncn2)cc1NCCC(C)CCCCNCc1ccc(OC(F)(F)F)c(Cl)c1. The van der Waals surface area contributed by atoms with Crippen LogP contribution in [0.3, 0.4) is 0 Å². The van der Waals surface area contributed by atoms with Crippen molar-refractivity contribution in [2.45, 2.75) is 65.8 Å². The topological polar surface area (TPSA) is 59.1 Å². The van der Waals surface area contributed by atoms with Gasteiger partial charge in [-0.1, -0.05) is 56.5 Å². The van der Waals surface area contributed by atoms with Gasteiger partial charge in [0.2, 0.25) is 0 Å². The summed E-state index contributed by atoms with van der Waals surface area (Å²) in [6.07, 6.45) is 8.24. The Morgan fingerprint density at radius 3 is 2.60 bits per heavy atom. The molecule has 216 valence electrons. The highest BCUT2D eigenvalue weighted by Gasteiger charge is 2.32. The van der Waals surface area contributed by atoms with Gasteiger partial charge in [0.1, 0.15) is 12.1 Å². The predicted octanol–water partition coefficient (Wildman–Crippen LogP) is 8.83. The van der Waals surface area contributed by atoms with E-state index in [4.69, 9.17) is 11.6 Å². The van der Waals surface area contributed by atoms with Crippen LogP contribution in [-0.2, 0) is 6.54 Å². The summed E-state index contributed by atoms with van der Waals surface area (Å²) in [6.45, 7) is 8.79. The van der Waals surface area contributed by atoms with Crippen LogP contribution in [0.5, 0.6) is 5.75 Å². The van der Waals surface area contributed by atoms with E-state index in [1.165, 1.54) is 23.3 Å². The number of nitrogens with one attached hydrogen (secondary N) is 2. The summed E-state index contributed by atoms with van der Waals surface area (Å²) in [5, 5.41) is 6.94. The molecule has 2 aromatic carbocycles. The van der Waals surface area contributed by atoms with Crippen LogP contribution in [-0.4, -0.2) is 29.4 Å². The number of aryl methyl sites for hydroxylation is 1. The van der Waals surface area contributed by atoms with Gasteiger partial charge in [0.05, 0.1) is 10.7 Å². The maximum absolute atomic E-state index is 12.4. The van der Waals surface area contributed by atoms with Gasteiger partial charge in [0.15, 0.2) is 0 Å². The molecule has 3 rings (SSSR count). The third-order valence-corrected chi connectivity index (χ3v) is 6.88. The summed E-state index contributed by atoms with van der Waals surface area (Å²) >= 11 is 5.92. The minimum Gasteiger partial charge on any atom is -0.404 e. The molecule has 0 aliphatic rings. The van der Waals surface area contributed by atoms with Crippen molar-refractivity contribution in [3.63, 3.8) is 0 Å². The lowest BCUT2D eigenvalue weighted by Gasteiger charge is -2.17. The Bertz CT molecular complexity index is 1240. The molecule has 1 unspecified atom stereocenters. The molecule has 1 atom stereocenters. The highest BCUT2D eigenvalue weighted by Crippen LogP contribution is 2.31. The van der Waals surface area contributed by atoms with Crippen molar-refractivity contribution < 1.29 is 17.9 Å². The van der Waals surface area contributed by atoms with Crippen molar-refractivity contribution in [2.24, 2.45) is 5.92 Å². The van der Waals surface area contributed by atoms with E-state index in [2.05, 4.69) is 70.4 Å². The van der Waals surface area contributed by atoms with Crippen LogP contribution in [0.1, 0.15) is 62.6 Å². The Kier molecular flexibility index (Phi) is 12.3. The van der Waals surface area contributed by atoms with Gasteiger partial charge in [0.25, 0.3) is 0 Å². The van der Waals surface area contributed by atoms with Crippen LogP contribution in [0, 0.1) is 12.8 Å². The number of ether oxygens (including phenoxy) is 1. The number of anilines is 1. The van der Waals surface area contributed by atoms with E-state index in [1.54, 1.807) is 18.6 Å². The number of alkyl halides is 3. The summed E-state index contributed by atoms with van der Waals surface area (Å²) < 4.78 is 41.1. The zero-order valence-corrected chi connectivity index (χ0v) is 24.1. The highest BCUT2D eigenvalue weighted by atomic mass is 35.5. The van der Waals surface area contributed by atoms with Gasteiger partial charge in [-0.05, 0) is 80.1 Å². The maximum Gasteiger partial charge on any atom is 0.573 e. The Labute approximate surface area is 240 Å². The zero-order valence-electron chi connectivity index (χ0n) is 23.3. The van der Waals surface area contributed by atoms with E-state index >= 15 is 0 Å². The monoisotopic (exact) mass is 574 g/mol. The van der Waals surface area contributed by atoms with E-state index < -0.39 is 6.36 Å². The van der Waals surface area contributed by atoms with Crippen LogP contribution >= 0.6 is 11.6 Å². The number of hydrogen-bond donors (Lipinski definition) is 2. The fourth-order valence-electron chi connectivity index (χ4n) is 4.45. The minimum absolute atomic E-state index is 0.0523. The fourth-order valence-corrected chi connectivity index (χ4v) is 4.69. The van der Waals surface area contributed by atoms with E-state index in [0.29, 0.717) is 12.5 Å². The number of unbranched alkanes of at least 4 members (excludes halogenated alkanes) is 1. The average molecular weight is 575 g/mol. The summed E-state index contributed by atoms with van der Waals surface area (Å²) in [7, 11) is 0. The quantitative estimate of drug-likeness (QED) is 0.178. The molecule has 0 bridgehead atoms. The van der Waals surface area contributed by atoms with Crippen LogP contribution in [0.2, 0.25) is 5.02 Å². The summed E-state index contributed by atoms with van der Waals surface area (Å²) in [4.78, 5) is 8.44. The molecule has 3 aromatic rings. The Morgan fingerprint density at radius 1 is 1.07 bits per heavy atom. The molecule has 2 N–H and O–H groups in total. The summed E-state index contributed by atoms with van der Waals surface area (Å²) in [6, 6.07) is 10.6. The molecular formula is C31H38ClF3N4O. The van der Waals surface area contributed by atoms with Gasteiger partial charge in [-0.2, -0.15) is 0 Å². The van der Waals surface area contributed by atoms with E-state index in [-0.39, 0.29) is 10.8 Å². The third kappa shape index (κ3) is 10.5. The first kappa shape index (κ1) is 31.4. The molecule has 40 heavy (non-hydrogen) atoms. The second kappa shape index (κ2) is 15.6. The molecule has 0 amide bonds. The first-order chi connectivity index (χ1) is 19.2.